The van der Waals surface area contributed by atoms with E-state index in [4.69, 9.17) is 0 Å². The molecule has 0 heterocycles. The van der Waals surface area contributed by atoms with Crippen LogP contribution >= 0.6 is 0 Å². The highest BCUT2D eigenvalue weighted by molar-refractivity contribution is 5.68. The quantitative estimate of drug-likeness (QED) is 0.308. The number of hydrogen-bond acceptors (Lipinski definition) is 2. The van der Waals surface area contributed by atoms with Crippen molar-refractivity contribution in [1.82, 2.24) is 0 Å². The van der Waals surface area contributed by atoms with Crippen molar-refractivity contribution in [1.29, 1.82) is 0 Å². The molecule has 0 unspecified atom stereocenters. The van der Waals surface area contributed by atoms with Crippen molar-refractivity contribution in [2.45, 2.75) is 84.0 Å². The van der Waals surface area contributed by atoms with Gasteiger partial charge in [-0.1, -0.05) is 57.3 Å². The van der Waals surface area contributed by atoms with Crippen molar-refractivity contribution in [2.75, 3.05) is 7.11 Å². The lowest BCUT2D eigenvalue weighted by atomic mass is 10.1. The molecule has 2 heteroatoms. The highest BCUT2D eigenvalue weighted by Gasteiger charge is 1.98. The van der Waals surface area contributed by atoms with Gasteiger partial charge in [-0.25, -0.2) is 0 Å². The molecular weight excluding hydrogens is 260 g/mol. The third-order valence-electron chi connectivity index (χ3n) is 3.30. The van der Waals surface area contributed by atoms with Crippen molar-refractivity contribution in [3.63, 3.8) is 0 Å². The number of carbonyl (C=O) groups excluding carboxylic acids is 1. The number of methoxy groups -OCH3 is 1. The first-order valence-corrected chi connectivity index (χ1v) is 8.33. The first-order chi connectivity index (χ1) is 10.3. The summed E-state index contributed by atoms with van der Waals surface area (Å²) >= 11 is 0. The van der Waals surface area contributed by atoms with Gasteiger partial charge in [0.15, 0.2) is 0 Å². The number of rotatable bonds is 11. The predicted molar refractivity (Wildman–Crippen MR) is 88.6 cm³/mol. The summed E-state index contributed by atoms with van der Waals surface area (Å²) in [6, 6.07) is 0. The smallest absolute Gasteiger partial charge is 0.305 e. The summed E-state index contributed by atoms with van der Waals surface area (Å²) in [6.45, 7) is 2.20. The summed E-state index contributed by atoms with van der Waals surface area (Å²) in [5.41, 5.74) is 0. The molecule has 0 aliphatic rings. The van der Waals surface area contributed by atoms with E-state index in [0.29, 0.717) is 6.42 Å². The molecule has 0 rings (SSSR count). The fourth-order valence-corrected chi connectivity index (χ4v) is 1.97. The highest BCUT2D eigenvalue weighted by Crippen LogP contribution is 2.08. The minimum atomic E-state index is -0.0962. The topological polar surface area (TPSA) is 26.3 Å². The first-order valence-electron chi connectivity index (χ1n) is 8.33. The molecule has 0 atom stereocenters. The maximum Gasteiger partial charge on any atom is 0.305 e. The monoisotopic (exact) mass is 290 g/mol. The largest absolute Gasteiger partial charge is 0.469 e. The van der Waals surface area contributed by atoms with E-state index in [2.05, 4.69) is 35.3 Å². The first kappa shape index (κ1) is 19.6. The van der Waals surface area contributed by atoms with Gasteiger partial charge in [0.05, 0.1) is 7.11 Å². The Morgan fingerprint density at radius 1 is 0.810 bits per heavy atom. The van der Waals surface area contributed by atoms with Crippen LogP contribution in [-0.2, 0) is 9.53 Å². The van der Waals surface area contributed by atoms with Crippen molar-refractivity contribution < 1.29 is 9.53 Å². The summed E-state index contributed by atoms with van der Waals surface area (Å²) in [4.78, 5) is 10.9. The summed E-state index contributed by atoms with van der Waals surface area (Å²) in [5, 5.41) is 0. The van der Waals surface area contributed by atoms with E-state index < -0.39 is 0 Å². The summed E-state index contributed by atoms with van der Waals surface area (Å²) in [7, 11) is 1.44. The van der Waals surface area contributed by atoms with Crippen molar-refractivity contribution in [3.05, 3.63) is 0 Å². The Bertz CT molecular complexity index is 362. The standard InChI is InChI=1S/C19H30O2/c1-3-4-5-6-7-8-9-10-11-12-13-14-15-16-17-18-19(20)21-2/h3-6,11-18H2,1-2H3. The molecule has 0 aliphatic carbocycles. The molecular formula is C19H30O2. The van der Waals surface area contributed by atoms with Gasteiger partial charge in [0, 0.05) is 19.3 Å². The lowest BCUT2D eigenvalue weighted by Gasteiger charge is -2.00. The molecule has 0 bridgehead atoms. The molecule has 0 radical (unpaired) electrons. The van der Waals surface area contributed by atoms with Crippen molar-refractivity contribution in [3.8, 4) is 23.7 Å². The van der Waals surface area contributed by atoms with Crippen LogP contribution in [0, 0.1) is 23.7 Å². The third kappa shape index (κ3) is 16.5. The van der Waals surface area contributed by atoms with E-state index >= 15 is 0 Å². The van der Waals surface area contributed by atoms with E-state index in [9.17, 15) is 4.79 Å². The Kier molecular flexibility index (Phi) is 15.5. The number of unbranched alkanes of at least 4 members (excludes halogenated alkanes) is 9. The normalized spacial score (nSPS) is 9.24. The summed E-state index contributed by atoms with van der Waals surface area (Å²) in [5.74, 6) is 12.0. The van der Waals surface area contributed by atoms with Crippen LogP contribution < -0.4 is 0 Å². The molecule has 0 aromatic rings. The van der Waals surface area contributed by atoms with Gasteiger partial charge in [-0.05, 0) is 31.1 Å². The maximum absolute atomic E-state index is 10.9. The molecule has 118 valence electrons. The maximum atomic E-state index is 10.9. The SMILES string of the molecule is CCCCCC#CC#CCCCCCCCCC(=O)OC. The zero-order valence-corrected chi connectivity index (χ0v) is 13.8. The van der Waals surface area contributed by atoms with Gasteiger partial charge in [0.1, 0.15) is 0 Å². The van der Waals surface area contributed by atoms with Crippen LogP contribution in [-0.4, -0.2) is 13.1 Å². The molecule has 0 aromatic heterocycles. The number of ether oxygens (including phenoxy) is 1. The van der Waals surface area contributed by atoms with Gasteiger partial charge in [0.2, 0.25) is 0 Å². The molecule has 0 saturated carbocycles. The zero-order chi connectivity index (χ0) is 15.6. The van der Waals surface area contributed by atoms with Gasteiger partial charge in [-0.3, -0.25) is 4.79 Å². The Labute approximate surface area is 131 Å². The summed E-state index contributed by atoms with van der Waals surface area (Å²) < 4.78 is 4.60. The van der Waals surface area contributed by atoms with Gasteiger partial charge >= 0.3 is 5.97 Å². The predicted octanol–water partition coefficient (Wildman–Crippen LogP) is 4.87. The number of esters is 1. The van der Waals surface area contributed by atoms with E-state index in [1.807, 2.05) is 0 Å². The Morgan fingerprint density at radius 3 is 1.90 bits per heavy atom. The average Bonchev–Trinajstić information content (AvgIpc) is 2.50. The summed E-state index contributed by atoms with van der Waals surface area (Å²) in [6.07, 6.45) is 13.0. The van der Waals surface area contributed by atoms with Crippen LogP contribution in [0.15, 0.2) is 0 Å². The average molecular weight is 290 g/mol. The molecule has 0 N–H and O–H groups in total. The van der Waals surface area contributed by atoms with Crippen LogP contribution in [0.25, 0.3) is 0 Å². The lowest BCUT2D eigenvalue weighted by Crippen LogP contribution is -1.99. The number of carbonyl (C=O) groups is 1. The lowest BCUT2D eigenvalue weighted by molar-refractivity contribution is -0.140. The second-order valence-corrected chi connectivity index (χ2v) is 5.26. The fraction of sp³-hybridized carbons (Fsp3) is 0.737. The molecule has 2 nitrogen and oxygen atoms in total. The molecule has 0 aliphatic heterocycles. The molecule has 0 aromatic carbocycles. The van der Waals surface area contributed by atoms with Crippen LogP contribution in [0.3, 0.4) is 0 Å². The van der Waals surface area contributed by atoms with Crippen LogP contribution in [0.1, 0.15) is 84.0 Å². The minimum Gasteiger partial charge on any atom is -0.469 e. The number of hydrogen-bond donors (Lipinski definition) is 0. The van der Waals surface area contributed by atoms with Crippen LogP contribution in [0.2, 0.25) is 0 Å². The van der Waals surface area contributed by atoms with E-state index in [1.54, 1.807) is 0 Å². The Morgan fingerprint density at radius 2 is 1.33 bits per heavy atom. The van der Waals surface area contributed by atoms with E-state index in [0.717, 1.165) is 32.1 Å². The van der Waals surface area contributed by atoms with Crippen molar-refractivity contribution in [2.24, 2.45) is 0 Å². The van der Waals surface area contributed by atoms with Gasteiger partial charge in [-0.2, -0.15) is 0 Å². The van der Waals surface area contributed by atoms with Crippen molar-refractivity contribution >= 4 is 5.97 Å². The van der Waals surface area contributed by atoms with Gasteiger partial charge in [-0.15, -0.1) is 0 Å². The third-order valence-corrected chi connectivity index (χ3v) is 3.30. The zero-order valence-electron chi connectivity index (χ0n) is 13.8. The Hall–Kier alpha value is -1.41. The molecule has 0 fully saturated rings. The molecule has 21 heavy (non-hydrogen) atoms. The van der Waals surface area contributed by atoms with Gasteiger partial charge in [0.25, 0.3) is 0 Å². The van der Waals surface area contributed by atoms with Crippen LogP contribution in [0.4, 0.5) is 0 Å². The molecule has 0 spiro atoms. The minimum absolute atomic E-state index is 0.0962. The van der Waals surface area contributed by atoms with Gasteiger partial charge < -0.3 is 4.74 Å². The van der Waals surface area contributed by atoms with Crippen LogP contribution in [0.5, 0.6) is 0 Å². The van der Waals surface area contributed by atoms with E-state index in [-0.39, 0.29) is 5.97 Å². The Balaban J connectivity index is 3.27. The second-order valence-electron chi connectivity index (χ2n) is 5.26. The molecule has 0 amide bonds. The highest BCUT2D eigenvalue weighted by atomic mass is 16.5. The fourth-order valence-electron chi connectivity index (χ4n) is 1.97. The van der Waals surface area contributed by atoms with E-state index in [1.165, 1.54) is 45.6 Å². The second kappa shape index (κ2) is 16.6. The molecule has 0 saturated heterocycles.